The summed E-state index contributed by atoms with van der Waals surface area (Å²) in [6, 6.07) is 9.01. The predicted molar refractivity (Wildman–Crippen MR) is 182 cm³/mol. The molecule has 3 aromatic heterocycles. The van der Waals surface area contributed by atoms with E-state index < -0.39 is 0 Å². The number of aryl methyl sites for hydroxylation is 4. The van der Waals surface area contributed by atoms with Gasteiger partial charge in [0.1, 0.15) is 0 Å². The van der Waals surface area contributed by atoms with Gasteiger partial charge in [0, 0.05) is 22.1 Å². The molecule has 5 heterocycles. The number of aromatic nitrogens is 4. The predicted octanol–water partition coefficient (Wildman–Crippen LogP) is 10.6. The van der Waals surface area contributed by atoms with Crippen LogP contribution in [-0.4, -0.2) is 19.9 Å². The Morgan fingerprint density at radius 1 is 0.595 bits per heavy atom. The van der Waals surface area contributed by atoms with Crippen LogP contribution in [0.2, 0.25) is 0 Å². The van der Waals surface area contributed by atoms with Gasteiger partial charge >= 0.3 is 0 Å². The summed E-state index contributed by atoms with van der Waals surface area (Å²) < 4.78 is 0. The highest BCUT2D eigenvalue weighted by Gasteiger charge is 2.22. The first-order chi connectivity index (χ1) is 20.0. The summed E-state index contributed by atoms with van der Waals surface area (Å²) in [5, 5.41) is 0. The molecule has 2 N–H and O–H groups in total. The van der Waals surface area contributed by atoms with E-state index in [4.69, 9.17) is 9.97 Å². The number of rotatable bonds is 8. The number of hydrogen-bond donors (Lipinski definition) is 2. The summed E-state index contributed by atoms with van der Waals surface area (Å²) in [6.07, 6.45) is 5.64. The van der Waals surface area contributed by atoms with Crippen LogP contribution in [0, 0.1) is 13.8 Å². The highest BCUT2D eigenvalue weighted by atomic mass is 14.8. The number of hydrogen-bond acceptors (Lipinski definition) is 2. The second kappa shape index (κ2) is 11.8. The van der Waals surface area contributed by atoms with Gasteiger partial charge in [0.25, 0.3) is 0 Å². The van der Waals surface area contributed by atoms with E-state index in [1.807, 2.05) is 0 Å². The fourth-order valence-corrected chi connectivity index (χ4v) is 6.43. The van der Waals surface area contributed by atoms with E-state index in [-0.39, 0.29) is 0 Å². The van der Waals surface area contributed by atoms with Crippen molar-refractivity contribution < 1.29 is 0 Å². The first kappa shape index (κ1) is 29.6. The Morgan fingerprint density at radius 3 is 1.43 bits per heavy atom. The van der Waals surface area contributed by atoms with E-state index in [0.717, 1.165) is 83.4 Å². The van der Waals surface area contributed by atoms with Crippen molar-refractivity contribution in [3.8, 4) is 0 Å². The Hall–Kier alpha value is -3.92. The number of allylic oxidation sites excluding steroid dienone is 6. The molecule has 0 aliphatic carbocycles. The number of H-pyrrole nitrogens is 2. The highest BCUT2D eigenvalue weighted by Crippen LogP contribution is 2.38. The molecule has 42 heavy (non-hydrogen) atoms. The van der Waals surface area contributed by atoms with E-state index in [1.165, 1.54) is 55.7 Å². The van der Waals surface area contributed by atoms with Crippen LogP contribution in [0.5, 0.6) is 0 Å². The molecule has 218 valence electrons. The molecule has 0 amide bonds. The number of fused-ring (bicyclic) bond motifs is 8. The maximum absolute atomic E-state index is 5.26. The molecule has 0 atom stereocenters. The first-order valence-electron chi connectivity index (χ1n) is 15.4. The van der Waals surface area contributed by atoms with Gasteiger partial charge in [-0.2, -0.15) is 0 Å². The Balaban J connectivity index is 1.92. The molecule has 0 saturated heterocycles. The minimum atomic E-state index is 0.917. The van der Waals surface area contributed by atoms with Gasteiger partial charge in [-0.15, -0.1) is 13.2 Å². The van der Waals surface area contributed by atoms with Gasteiger partial charge in [-0.05, 0) is 149 Å². The van der Waals surface area contributed by atoms with Crippen molar-refractivity contribution >= 4 is 44.4 Å². The van der Waals surface area contributed by atoms with Gasteiger partial charge in [-0.25, -0.2) is 9.97 Å². The third-order valence-electron chi connectivity index (χ3n) is 9.11. The summed E-state index contributed by atoms with van der Waals surface area (Å²) in [6.45, 7) is 25.9. The van der Waals surface area contributed by atoms with Crippen LogP contribution in [0.15, 0.2) is 48.6 Å². The molecule has 8 bridgehead atoms. The largest absolute Gasteiger partial charge is 0.355 e. The smallest absolute Gasteiger partial charge is 0.0694 e. The zero-order valence-corrected chi connectivity index (χ0v) is 26.9. The van der Waals surface area contributed by atoms with Crippen LogP contribution >= 0.6 is 0 Å². The lowest BCUT2D eigenvalue weighted by Gasteiger charge is -2.07. The quantitative estimate of drug-likeness (QED) is 0.270. The molecule has 4 heteroatoms. The van der Waals surface area contributed by atoms with Crippen molar-refractivity contribution in [2.45, 2.75) is 93.9 Å². The topological polar surface area (TPSA) is 57.4 Å². The zero-order valence-electron chi connectivity index (χ0n) is 26.9. The fourth-order valence-electron chi connectivity index (χ4n) is 6.43. The van der Waals surface area contributed by atoms with Gasteiger partial charge in [0.05, 0.1) is 22.8 Å². The van der Waals surface area contributed by atoms with Gasteiger partial charge in [-0.3, -0.25) is 0 Å². The van der Waals surface area contributed by atoms with Crippen LogP contribution in [0.3, 0.4) is 0 Å². The lowest BCUT2D eigenvalue weighted by atomic mass is 9.96. The van der Waals surface area contributed by atoms with E-state index in [1.54, 1.807) is 0 Å². The van der Waals surface area contributed by atoms with Crippen molar-refractivity contribution in [1.82, 2.24) is 19.9 Å². The summed E-state index contributed by atoms with van der Waals surface area (Å²) in [5.41, 5.74) is 21.4. The second-order valence-corrected chi connectivity index (χ2v) is 12.3. The van der Waals surface area contributed by atoms with E-state index >= 15 is 0 Å². The molecular weight excluding hydrogens is 512 g/mol. The molecule has 3 aromatic rings. The summed E-state index contributed by atoms with van der Waals surface area (Å²) in [5.74, 6) is 0. The minimum Gasteiger partial charge on any atom is -0.355 e. The summed E-state index contributed by atoms with van der Waals surface area (Å²) >= 11 is 0. The molecule has 4 nitrogen and oxygen atoms in total. The van der Waals surface area contributed by atoms with E-state index in [0.29, 0.717) is 0 Å². The monoisotopic (exact) mass is 558 g/mol. The maximum atomic E-state index is 5.26. The Morgan fingerprint density at radius 2 is 1.00 bits per heavy atom. The number of nitrogens with one attached hydrogen (secondary N) is 2. The zero-order chi connectivity index (χ0) is 30.3. The van der Waals surface area contributed by atoms with Crippen LogP contribution in [0.25, 0.3) is 44.4 Å². The minimum absolute atomic E-state index is 0.917. The maximum Gasteiger partial charge on any atom is 0.0694 e. The number of nitrogens with zero attached hydrogens (tertiary/aromatic N) is 2. The number of aromatic amines is 2. The van der Waals surface area contributed by atoms with Crippen LogP contribution in [0.1, 0.15) is 112 Å². The van der Waals surface area contributed by atoms with E-state index in [9.17, 15) is 0 Å². The third-order valence-corrected chi connectivity index (χ3v) is 9.11. The molecule has 2 aliphatic rings. The first-order valence-corrected chi connectivity index (χ1v) is 15.4. The standard InChI is InChI=1S/C38H46N4/c1-11-27-23(7)31-17-32-25(9)29(15-13-21(3)4)37(41-32)20-38-30(16-14-22(5)6)26(10)34(42-38)19-36-28(12-2)24(8)33(40-36)18-35(27)39-31/h17-20,39-40H,3,5,11-16H2,1-2,4,6-10H3. The Labute approximate surface area is 251 Å². The average Bonchev–Trinajstić information content (AvgIpc) is 3.59. The molecule has 0 fully saturated rings. The molecule has 0 aromatic carbocycles. The van der Waals surface area contributed by atoms with Crippen molar-refractivity contribution in [2.75, 3.05) is 0 Å². The van der Waals surface area contributed by atoms with Gasteiger partial charge < -0.3 is 9.97 Å². The van der Waals surface area contributed by atoms with Crippen molar-refractivity contribution in [1.29, 1.82) is 0 Å². The third kappa shape index (κ3) is 5.47. The molecule has 5 rings (SSSR count). The van der Waals surface area contributed by atoms with Crippen molar-refractivity contribution in [3.05, 3.63) is 93.6 Å². The van der Waals surface area contributed by atoms with Gasteiger partial charge in [0.2, 0.25) is 0 Å². The lowest BCUT2D eigenvalue weighted by molar-refractivity contribution is 0.991. The van der Waals surface area contributed by atoms with Crippen molar-refractivity contribution in [2.24, 2.45) is 0 Å². The summed E-state index contributed by atoms with van der Waals surface area (Å²) in [7, 11) is 0. The highest BCUT2D eigenvalue weighted by molar-refractivity contribution is 5.95. The van der Waals surface area contributed by atoms with Crippen LogP contribution < -0.4 is 0 Å². The van der Waals surface area contributed by atoms with Gasteiger partial charge in [-0.1, -0.05) is 25.0 Å². The van der Waals surface area contributed by atoms with Crippen LogP contribution in [0.4, 0.5) is 0 Å². The molecule has 2 aliphatic heterocycles. The Kier molecular flexibility index (Phi) is 8.28. The molecule has 0 saturated carbocycles. The average molecular weight is 559 g/mol. The molecule has 0 radical (unpaired) electrons. The SMILES string of the molecule is C=C(C)CCC1=C(C)c2cc3[nH]c(cc4[nH]c(cc5nc(cc1n2)C(CCC(=C)C)=C5C)c(CC)c4C)c(CC)c3C. The van der Waals surface area contributed by atoms with Gasteiger partial charge in [0.15, 0.2) is 0 Å². The normalized spacial score (nSPS) is 13.3. The van der Waals surface area contributed by atoms with Crippen molar-refractivity contribution in [3.63, 3.8) is 0 Å². The second-order valence-electron chi connectivity index (χ2n) is 12.3. The summed E-state index contributed by atoms with van der Waals surface area (Å²) in [4.78, 5) is 18.0. The lowest BCUT2D eigenvalue weighted by Crippen LogP contribution is -1.89. The molecular formula is C38H46N4. The Bertz CT molecular complexity index is 1830. The molecule has 0 spiro atoms. The van der Waals surface area contributed by atoms with E-state index in [2.05, 4.69) is 103 Å². The molecule has 0 unspecified atom stereocenters. The fraction of sp³-hybridized carbons (Fsp3) is 0.368. The van der Waals surface area contributed by atoms with Crippen LogP contribution in [-0.2, 0) is 12.8 Å².